The summed E-state index contributed by atoms with van der Waals surface area (Å²) < 4.78 is 0. The summed E-state index contributed by atoms with van der Waals surface area (Å²) in [7, 11) is 1.97. The molecule has 0 radical (unpaired) electrons. The van der Waals surface area contributed by atoms with Crippen molar-refractivity contribution in [1.82, 2.24) is 9.97 Å². The summed E-state index contributed by atoms with van der Waals surface area (Å²) in [5.74, 6) is 0.746. The molecule has 0 unspecified atom stereocenters. The predicted molar refractivity (Wildman–Crippen MR) is 63.5 cm³/mol. The molecule has 0 aliphatic heterocycles. The molecule has 1 aromatic carbocycles. The summed E-state index contributed by atoms with van der Waals surface area (Å²) in [6.07, 6.45) is 3.63. The molecule has 2 rings (SSSR count). The van der Waals surface area contributed by atoms with Gasteiger partial charge in [-0.05, 0) is 11.6 Å². The molecule has 0 bridgehead atoms. The predicted octanol–water partition coefficient (Wildman–Crippen LogP) is -0.139. The third-order valence-corrected chi connectivity index (χ3v) is 2.20. The molecule has 0 atom stereocenters. The van der Waals surface area contributed by atoms with Crippen LogP contribution in [-0.4, -0.2) is 17.8 Å². The van der Waals surface area contributed by atoms with Gasteiger partial charge < -0.3 is 5.73 Å². The zero-order valence-corrected chi connectivity index (χ0v) is 8.64. The minimum atomic E-state index is 0.541. The van der Waals surface area contributed by atoms with Crippen LogP contribution in [0.15, 0.2) is 36.7 Å². The summed E-state index contributed by atoms with van der Waals surface area (Å²) in [4.78, 5) is 8.54. The van der Waals surface area contributed by atoms with Crippen LogP contribution >= 0.6 is 0 Å². The molecule has 0 saturated heterocycles. The summed E-state index contributed by atoms with van der Waals surface area (Å²) in [5, 5.41) is 0. The SMILES string of the molecule is Bc1cnc(-c2cccc(CN)c2)nc1. The fraction of sp³-hybridized carbons (Fsp3) is 0.0909. The highest BCUT2D eigenvalue weighted by atomic mass is 14.9. The van der Waals surface area contributed by atoms with Gasteiger partial charge in [0.15, 0.2) is 5.82 Å². The van der Waals surface area contributed by atoms with Crippen LogP contribution in [0.25, 0.3) is 11.4 Å². The van der Waals surface area contributed by atoms with E-state index < -0.39 is 0 Å². The molecular weight excluding hydrogens is 185 g/mol. The molecule has 2 aromatic rings. The van der Waals surface area contributed by atoms with Gasteiger partial charge >= 0.3 is 0 Å². The molecule has 1 aromatic heterocycles. The second kappa shape index (κ2) is 4.23. The monoisotopic (exact) mass is 197 g/mol. The molecular formula is C11H12BN3. The maximum atomic E-state index is 5.58. The quantitative estimate of drug-likeness (QED) is 0.681. The molecule has 0 saturated carbocycles. The largest absolute Gasteiger partial charge is 0.326 e. The normalized spacial score (nSPS) is 10.2. The Bertz CT molecular complexity index is 454. The molecule has 15 heavy (non-hydrogen) atoms. The van der Waals surface area contributed by atoms with Crippen LogP contribution in [0.3, 0.4) is 0 Å². The van der Waals surface area contributed by atoms with Crippen molar-refractivity contribution in [3.05, 3.63) is 42.2 Å². The van der Waals surface area contributed by atoms with Crippen LogP contribution in [0.5, 0.6) is 0 Å². The molecule has 3 nitrogen and oxygen atoms in total. The Morgan fingerprint density at radius 3 is 2.60 bits per heavy atom. The lowest BCUT2D eigenvalue weighted by molar-refractivity contribution is 1.07. The van der Waals surface area contributed by atoms with E-state index in [4.69, 9.17) is 5.73 Å². The summed E-state index contributed by atoms with van der Waals surface area (Å²) in [5.41, 5.74) is 8.75. The molecule has 0 spiro atoms. The molecule has 74 valence electrons. The van der Waals surface area contributed by atoms with Gasteiger partial charge in [0, 0.05) is 24.5 Å². The van der Waals surface area contributed by atoms with Crippen molar-refractivity contribution in [2.75, 3.05) is 0 Å². The van der Waals surface area contributed by atoms with Crippen LogP contribution in [0.2, 0.25) is 0 Å². The minimum absolute atomic E-state index is 0.541. The van der Waals surface area contributed by atoms with Gasteiger partial charge in [-0.15, -0.1) is 0 Å². The fourth-order valence-electron chi connectivity index (χ4n) is 1.38. The van der Waals surface area contributed by atoms with Crippen LogP contribution in [0.1, 0.15) is 5.56 Å². The molecule has 2 N–H and O–H groups in total. The number of aromatic nitrogens is 2. The Morgan fingerprint density at radius 1 is 1.20 bits per heavy atom. The lowest BCUT2D eigenvalue weighted by atomic mass is 10.0. The molecule has 0 aliphatic rings. The first-order chi connectivity index (χ1) is 7.29. The first-order valence-corrected chi connectivity index (χ1v) is 4.87. The summed E-state index contributed by atoms with van der Waals surface area (Å²) in [6.45, 7) is 0.541. The van der Waals surface area contributed by atoms with Crippen molar-refractivity contribution >= 4 is 13.3 Å². The van der Waals surface area contributed by atoms with E-state index in [-0.39, 0.29) is 0 Å². The van der Waals surface area contributed by atoms with Crippen molar-refractivity contribution in [3.8, 4) is 11.4 Å². The van der Waals surface area contributed by atoms with Gasteiger partial charge in [0.25, 0.3) is 0 Å². The van der Waals surface area contributed by atoms with Crippen molar-refractivity contribution in [2.45, 2.75) is 6.54 Å². The smallest absolute Gasteiger partial charge is 0.159 e. The Hall–Kier alpha value is -1.68. The van der Waals surface area contributed by atoms with Gasteiger partial charge in [0.2, 0.25) is 0 Å². The minimum Gasteiger partial charge on any atom is -0.326 e. The van der Waals surface area contributed by atoms with Crippen LogP contribution in [-0.2, 0) is 6.54 Å². The molecule has 0 amide bonds. The van der Waals surface area contributed by atoms with E-state index in [1.807, 2.05) is 44.5 Å². The lowest BCUT2D eigenvalue weighted by Gasteiger charge is -2.02. The first-order valence-electron chi connectivity index (χ1n) is 4.87. The van der Waals surface area contributed by atoms with E-state index in [1.54, 1.807) is 0 Å². The van der Waals surface area contributed by atoms with E-state index in [1.165, 1.54) is 0 Å². The van der Waals surface area contributed by atoms with Crippen molar-refractivity contribution in [1.29, 1.82) is 0 Å². The lowest BCUT2D eigenvalue weighted by Crippen LogP contribution is -2.05. The molecule has 0 aliphatic carbocycles. The van der Waals surface area contributed by atoms with E-state index >= 15 is 0 Å². The highest BCUT2D eigenvalue weighted by Crippen LogP contribution is 2.14. The second-order valence-electron chi connectivity index (χ2n) is 3.49. The average molecular weight is 197 g/mol. The van der Waals surface area contributed by atoms with Crippen molar-refractivity contribution < 1.29 is 0 Å². The maximum absolute atomic E-state index is 5.58. The third-order valence-electron chi connectivity index (χ3n) is 2.20. The van der Waals surface area contributed by atoms with Crippen molar-refractivity contribution in [2.24, 2.45) is 5.73 Å². The Morgan fingerprint density at radius 2 is 1.93 bits per heavy atom. The average Bonchev–Trinajstić information content (AvgIpc) is 2.30. The number of hydrogen-bond donors (Lipinski definition) is 1. The summed E-state index contributed by atoms with van der Waals surface area (Å²) in [6, 6.07) is 7.98. The van der Waals surface area contributed by atoms with Gasteiger partial charge in [-0.3, -0.25) is 0 Å². The number of nitrogens with zero attached hydrogens (tertiary/aromatic N) is 2. The van der Waals surface area contributed by atoms with E-state index in [2.05, 4.69) is 9.97 Å². The number of benzene rings is 1. The Kier molecular flexibility index (Phi) is 2.78. The second-order valence-corrected chi connectivity index (χ2v) is 3.49. The van der Waals surface area contributed by atoms with Crippen LogP contribution < -0.4 is 11.2 Å². The topological polar surface area (TPSA) is 51.8 Å². The van der Waals surface area contributed by atoms with Gasteiger partial charge in [-0.1, -0.05) is 23.7 Å². The Labute approximate surface area is 89.8 Å². The van der Waals surface area contributed by atoms with Gasteiger partial charge in [0.1, 0.15) is 7.85 Å². The number of nitrogens with two attached hydrogens (primary N) is 1. The van der Waals surface area contributed by atoms with Crippen molar-refractivity contribution in [3.63, 3.8) is 0 Å². The molecule has 4 heteroatoms. The van der Waals surface area contributed by atoms with E-state index in [0.29, 0.717) is 6.54 Å². The fourth-order valence-corrected chi connectivity index (χ4v) is 1.38. The van der Waals surface area contributed by atoms with E-state index in [9.17, 15) is 0 Å². The zero-order chi connectivity index (χ0) is 10.7. The number of hydrogen-bond acceptors (Lipinski definition) is 3. The van der Waals surface area contributed by atoms with Crippen LogP contribution in [0.4, 0.5) is 0 Å². The highest BCUT2D eigenvalue weighted by Gasteiger charge is 2.00. The van der Waals surface area contributed by atoms with Gasteiger partial charge in [0.05, 0.1) is 0 Å². The maximum Gasteiger partial charge on any atom is 0.159 e. The Balaban J connectivity index is 2.40. The number of rotatable bonds is 2. The zero-order valence-electron chi connectivity index (χ0n) is 8.64. The summed E-state index contributed by atoms with van der Waals surface area (Å²) >= 11 is 0. The first kappa shape index (κ1) is 9.86. The van der Waals surface area contributed by atoms with Gasteiger partial charge in [-0.2, -0.15) is 0 Å². The molecule has 1 heterocycles. The van der Waals surface area contributed by atoms with E-state index in [0.717, 1.165) is 22.4 Å². The van der Waals surface area contributed by atoms with Crippen LogP contribution in [0, 0.1) is 0 Å². The third kappa shape index (κ3) is 2.22. The van der Waals surface area contributed by atoms with Gasteiger partial charge in [-0.25, -0.2) is 9.97 Å². The highest BCUT2D eigenvalue weighted by molar-refractivity contribution is 6.31. The molecule has 0 fully saturated rings. The standard InChI is InChI=1S/C11H12BN3/c12-10-6-14-11(15-7-10)9-3-1-2-8(4-9)5-13/h1-4,6-7H,5,12-13H2.